The molecule has 0 unspecified atom stereocenters. The molecule has 0 fully saturated rings. The molecule has 23 heavy (non-hydrogen) atoms. The molecule has 0 aliphatic heterocycles. The monoisotopic (exact) mass is 305 g/mol. The minimum atomic E-state index is -0.351. The van der Waals surface area contributed by atoms with E-state index in [0.717, 1.165) is 11.4 Å². The van der Waals surface area contributed by atoms with E-state index in [-0.39, 0.29) is 11.5 Å². The molecule has 0 bridgehead atoms. The summed E-state index contributed by atoms with van der Waals surface area (Å²) in [5, 5.41) is 3.09. The summed E-state index contributed by atoms with van der Waals surface area (Å²) >= 11 is 0. The number of nitrogens with two attached hydrogens (primary N) is 1. The van der Waals surface area contributed by atoms with E-state index in [2.05, 4.69) is 20.3 Å². The molecule has 0 saturated carbocycles. The number of hydrogen-bond donors (Lipinski definition) is 3. The van der Waals surface area contributed by atoms with Crippen LogP contribution in [0.1, 0.15) is 5.56 Å². The van der Waals surface area contributed by atoms with E-state index < -0.39 is 0 Å². The summed E-state index contributed by atoms with van der Waals surface area (Å²) in [6.45, 7) is 0. The van der Waals surface area contributed by atoms with Crippen molar-refractivity contribution in [2.45, 2.75) is 0 Å². The molecule has 3 rings (SSSR count). The van der Waals surface area contributed by atoms with E-state index in [1.807, 2.05) is 60.7 Å². The van der Waals surface area contributed by atoms with Gasteiger partial charge in [-0.25, -0.2) is 0 Å². The summed E-state index contributed by atoms with van der Waals surface area (Å²) in [7, 11) is 0. The number of nitrogen functional groups attached to an aromatic ring is 1. The molecule has 0 amide bonds. The summed E-state index contributed by atoms with van der Waals surface area (Å²) in [6.07, 6.45) is 1.48. The van der Waals surface area contributed by atoms with E-state index in [1.54, 1.807) is 0 Å². The topological polar surface area (TPSA) is 96.2 Å². The summed E-state index contributed by atoms with van der Waals surface area (Å²) in [5.74, 6) is 0.405. The van der Waals surface area contributed by atoms with Gasteiger partial charge in [0.2, 0.25) is 5.95 Å². The van der Waals surface area contributed by atoms with Crippen LogP contribution in [0.4, 0.5) is 23.1 Å². The van der Waals surface area contributed by atoms with Gasteiger partial charge in [0.15, 0.2) is 0 Å². The van der Waals surface area contributed by atoms with Crippen LogP contribution in [0, 0.1) is 0 Å². The summed E-state index contributed by atoms with van der Waals surface area (Å²) in [4.78, 5) is 23.1. The minimum absolute atomic E-state index is 0.0466. The van der Waals surface area contributed by atoms with Gasteiger partial charge in [0.05, 0.1) is 5.69 Å². The Morgan fingerprint density at radius 3 is 2.39 bits per heavy atom. The molecule has 0 aliphatic carbocycles. The Morgan fingerprint density at radius 2 is 1.70 bits per heavy atom. The molecule has 1 heterocycles. The number of aliphatic imine (C=N–C) groups is 1. The number of aromatic amines is 1. The number of anilines is 3. The first-order chi connectivity index (χ1) is 11.2. The van der Waals surface area contributed by atoms with E-state index in [1.165, 1.54) is 6.21 Å². The van der Waals surface area contributed by atoms with Crippen molar-refractivity contribution in [3.63, 3.8) is 0 Å². The zero-order valence-electron chi connectivity index (χ0n) is 12.2. The number of nitrogens with zero attached hydrogens (tertiary/aromatic N) is 2. The Kier molecular flexibility index (Phi) is 4.15. The normalized spacial score (nSPS) is 10.8. The average molecular weight is 305 g/mol. The van der Waals surface area contributed by atoms with E-state index in [4.69, 9.17) is 5.73 Å². The lowest BCUT2D eigenvalue weighted by Gasteiger charge is -2.08. The van der Waals surface area contributed by atoms with Crippen molar-refractivity contribution in [2.24, 2.45) is 4.99 Å². The van der Waals surface area contributed by atoms with Crippen molar-refractivity contribution in [3.8, 4) is 0 Å². The van der Waals surface area contributed by atoms with Gasteiger partial charge in [-0.15, -0.1) is 0 Å². The number of aromatic nitrogens is 2. The number of H-pyrrole nitrogens is 1. The van der Waals surface area contributed by atoms with Crippen LogP contribution in [0.25, 0.3) is 0 Å². The SMILES string of the molecule is Nc1nc(Nc2ccccc2)c(C=Nc2ccccc2)c(=O)[nH]1. The standard InChI is InChI=1S/C17H15N5O/c18-17-21-15(20-13-9-5-2-6-10-13)14(16(23)22-17)11-19-12-7-3-1-4-8-12/h1-11H,(H4,18,20,21,22,23). The Hall–Kier alpha value is -3.41. The third kappa shape index (κ3) is 3.62. The highest BCUT2D eigenvalue weighted by Gasteiger charge is 2.09. The van der Waals surface area contributed by atoms with Gasteiger partial charge >= 0.3 is 0 Å². The van der Waals surface area contributed by atoms with Crippen molar-refractivity contribution in [2.75, 3.05) is 11.1 Å². The van der Waals surface area contributed by atoms with Crippen LogP contribution in [0.2, 0.25) is 0 Å². The fourth-order valence-corrected chi connectivity index (χ4v) is 2.03. The third-order valence-corrected chi connectivity index (χ3v) is 3.11. The molecule has 0 radical (unpaired) electrons. The quantitative estimate of drug-likeness (QED) is 0.646. The maximum atomic E-state index is 12.2. The van der Waals surface area contributed by atoms with Gasteiger partial charge in [-0.2, -0.15) is 4.98 Å². The summed E-state index contributed by atoms with van der Waals surface area (Å²) in [6, 6.07) is 18.8. The smallest absolute Gasteiger partial charge is 0.263 e. The number of benzene rings is 2. The molecular weight excluding hydrogens is 290 g/mol. The first-order valence-electron chi connectivity index (χ1n) is 7.03. The van der Waals surface area contributed by atoms with Gasteiger partial charge in [-0.05, 0) is 24.3 Å². The van der Waals surface area contributed by atoms with Crippen molar-refractivity contribution in [1.29, 1.82) is 0 Å². The predicted octanol–water partition coefficient (Wildman–Crippen LogP) is 2.85. The number of nitrogens with one attached hydrogen (secondary N) is 2. The lowest BCUT2D eigenvalue weighted by molar-refractivity contribution is 1.13. The Morgan fingerprint density at radius 1 is 1.04 bits per heavy atom. The van der Waals surface area contributed by atoms with Crippen LogP contribution < -0.4 is 16.6 Å². The van der Waals surface area contributed by atoms with Crippen molar-refractivity contribution >= 4 is 29.4 Å². The van der Waals surface area contributed by atoms with Crippen molar-refractivity contribution in [1.82, 2.24) is 9.97 Å². The molecule has 114 valence electrons. The molecule has 6 nitrogen and oxygen atoms in total. The predicted molar refractivity (Wildman–Crippen MR) is 92.7 cm³/mol. The number of para-hydroxylation sites is 2. The van der Waals surface area contributed by atoms with Crippen LogP contribution >= 0.6 is 0 Å². The molecular formula is C17H15N5O. The second kappa shape index (κ2) is 6.57. The number of hydrogen-bond acceptors (Lipinski definition) is 5. The largest absolute Gasteiger partial charge is 0.369 e. The van der Waals surface area contributed by atoms with Gasteiger partial charge < -0.3 is 11.1 Å². The van der Waals surface area contributed by atoms with Gasteiger partial charge in [-0.3, -0.25) is 14.8 Å². The molecule has 3 aromatic rings. The first kappa shape index (κ1) is 14.5. The fraction of sp³-hybridized carbons (Fsp3) is 0. The molecule has 4 N–H and O–H groups in total. The lowest BCUT2D eigenvalue weighted by Crippen LogP contribution is -2.18. The molecule has 0 spiro atoms. The van der Waals surface area contributed by atoms with Crippen LogP contribution in [-0.2, 0) is 0 Å². The third-order valence-electron chi connectivity index (χ3n) is 3.11. The van der Waals surface area contributed by atoms with E-state index >= 15 is 0 Å². The highest BCUT2D eigenvalue weighted by molar-refractivity contribution is 5.88. The van der Waals surface area contributed by atoms with Crippen LogP contribution in [0.5, 0.6) is 0 Å². The van der Waals surface area contributed by atoms with Gasteiger partial charge in [0.25, 0.3) is 5.56 Å². The maximum Gasteiger partial charge on any atom is 0.263 e. The molecule has 2 aromatic carbocycles. The molecule has 0 aliphatic rings. The molecule has 0 saturated heterocycles. The zero-order valence-corrected chi connectivity index (χ0v) is 12.2. The Balaban J connectivity index is 1.99. The molecule has 1 aromatic heterocycles. The summed E-state index contributed by atoms with van der Waals surface area (Å²) < 4.78 is 0. The second-order valence-electron chi connectivity index (χ2n) is 4.80. The van der Waals surface area contributed by atoms with Crippen molar-refractivity contribution < 1.29 is 0 Å². The molecule has 0 atom stereocenters. The van der Waals surface area contributed by atoms with Crippen LogP contribution in [-0.4, -0.2) is 16.2 Å². The van der Waals surface area contributed by atoms with Gasteiger partial charge in [-0.1, -0.05) is 36.4 Å². The Bertz CT molecular complexity index is 872. The van der Waals surface area contributed by atoms with E-state index in [0.29, 0.717) is 11.4 Å². The van der Waals surface area contributed by atoms with Gasteiger partial charge in [0, 0.05) is 11.9 Å². The zero-order chi connectivity index (χ0) is 16.1. The minimum Gasteiger partial charge on any atom is -0.369 e. The van der Waals surface area contributed by atoms with Crippen LogP contribution in [0.15, 0.2) is 70.5 Å². The average Bonchev–Trinajstić information content (AvgIpc) is 2.56. The van der Waals surface area contributed by atoms with Crippen LogP contribution in [0.3, 0.4) is 0 Å². The second-order valence-corrected chi connectivity index (χ2v) is 4.80. The fourth-order valence-electron chi connectivity index (χ4n) is 2.03. The van der Waals surface area contributed by atoms with Crippen molar-refractivity contribution in [3.05, 3.63) is 76.6 Å². The maximum absolute atomic E-state index is 12.2. The lowest BCUT2D eigenvalue weighted by atomic mass is 10.2. The van der Waals surface area contributed by atoms with E-state index in [9.17, 15) is 4.79 Å². The van der Waals surface area contributed by atoms with Gasteiger partial charge in [0.1, 0.15) is 11.4 Å². The highest BCUT2D eigenvalue weighted by Crippen LogP contribution is 2.17. The molecule has 6 heteroatoms. The number of rotatable bonds is 4. The summed E-state index contributed by atoms with van der Waals surface area (Å²) in [5.41, 5.74) is 7.15. The Labute approximate surface area is 132 Å². The highest BCUT2D eigenvalue weighted by atomic mass is 16.1. The first-order valence-corrected chi connectivity index (χ1v) is 7.03.